The summed E-state index contributed by atoms with van der Waals surface area (Å²) in [6, 6.07) is 7.89. The topological polar surface area (TPSA) is 41.6 Å². The van der Waals surface area contributed by atoms with E-state index in [2.05, 4.69) is 16.1 Å². The first-order valence-corrected chi connectivity index (χ1v) is 7.35. The molecule has 2 rings (SSSR count). The molecule has 4 heteroatoms. The average molecular weight is 286 g/mol. The Labute approximate surface area is 126 Å². The van der Waals surface area contributed by atoms with Crippen LogP contribution in [-0.2, 0) is 11.3 Å². The summed E-state index contributed by atoms with van der Waals surface area (Å²) in [5, 5.41) is 2.76. The van der Waals surface area contributed by atoms with E-state index in [0.717, 1.165) is 38.1 Å². The van der Waals surface area contributed by atoms with Gasteiger partial charge in [0.15, 0.2) is 0 Å². The molecule has 1 N–H and O–H groups in total. The van der Waals surface area contributed by atoms with E-state index in [9.17, 15) is 4.79 Å². The molecule has 0 radical (unpaired) electrons. The van der Waals surface area contributed by atoms with Gasteiger partial charge in [-0.1, -0.05) is 24.5 Å². The van der Waals surface area contributed by atoms with Crippen LogP contribution in [0.15, 0.2) is 24.3 Å². The smallest absolute Gasteiger partial charge is 0.237 e. The van der Waals surface area contributed by atoms with Crippen molar-refractivity contribution < 1.29 is 9.53 Å². The highest BCUT2D eigenvalue weighted by Gasteiger charge is 2.27. The highest BCUT2D eigenvalue weighted by Crippen LogP contribution is 2.21. The van der Waals surface area contributed by atoms with Crippen molar-refractivity contribution in [2.75, 3.05) is 20.2 Å². The van der Waals surface area contributed by atoms with Crippen LogP contribution in [0.1, 0.15) is 24.8 Å². The van der Waals surface area contributed by atoms with Gasteiger partial charge in [-0.2, -0.15) is 0 Å². The Bertz CT molecular complexity index is 505. The molecule has 0 aromatic heterocycles. The number of rotatable bonds is 5. The van der Waals surface area contributed by atoms with Gasteiger partial charge in [-0.05, 0) is 37.1 Å². The van der Waals surface area contributed by atoms with Gasteiger partial charge in [0.2, 0.25) is 5.91 Å². The van der Waals surface area contributed by atoms with E-state index in [0.29, 0.717) is 0 Å². The summed E-state index contributed by atoms with van der Waals surface area (Å²) in [5.74, 6) is 3.34. The van der Waals surface area contributed by atoms with Crippen LogP contribution in [0.4, 0.5) is 0 Å². The van der Waals surface area contributed by atoms with Crippen LogP contribution in [0.25, 0.3) is 0 Å². The zero-order chi connectivity index (χ0) is 15.1. The van der Waals surface area contributed by atoms with Crippen molar-refractivity contribution in [2.24, 2.45) is 0 Å². The SMILES string of the molecule is C#CCOc1ccc(CN2CCCC[C@H]2C(=O)NC)cc1. The largest absolute Gasteiger partial charge is 0.481 e. The number of carbonyl (C=O) groups is 1. The molecular weight excluding hydrogens is 264 g/mol. The Kier molecular flexibility index (Phi) is 5.65. The molecule has 0 bridgehead atoms. The summed E-state index contributed by atoms with van der Waals surface area (Å²) in [4.78, 5) is 14.2. The van der Waals surface area contributed by atoms with E-state index in [1.54, 1.807) is 7.05 Å². The summed E-state index contributed by atoms with van der Waals surface area (Å²) >= 11 is 0. The molecule has 1 aliphatic rings. The fourth-order valence-corrected chi connectivity index (χ4v) is 2.69. The minimum Gasteiger partial charge on any atom is -0.481 e. The van der Waals surface area contributed by atoms with Crippen LogP contribution in [0.3, 0.4) is 0 Å². The lowest BCUT2D eigenvalue weighted by atomic mass is 10.0. The summed E-state index contributed by atoms with van der Waals surface area (Å²) in [6.45, 7) is 2.03. The highest BCUT2D eigenvalue weighted by atomic mass is 16.5. The first-order chi connectivity index (χ1) is 10.2. The van der Waals surface area contributed by atoms with Crippen molar-refractivity contribution in [1.29, 1.82) is 0 Å². The van der Waals surface area contributed by atoms with E-state index in [-0.39, 0.29) is 18.6 Å². The quantitative estimate of drug-likeness (QED) is 0.839. The van der Waals surface area contributed by atoms with Crippen LogP contribution >= 0.6 is 0 Å². The van der Waals surface area contributed by atoms with Crippen molar-refractivity contribution >= 4 is 5.91 Å². The third-order valence-electron chi connectivity index (χ3n) is 3.79. The second kappa shape index (κ2) is 7.70. The van der Waals surface area contributed by atoms with Gasteiger partial charge < -0.3 is 10.1 Å². The van der Waals surface area contributed by atoms with E-state index in [4.69, 9.17) is 11.2 Å². The maximum absolute atomic E-state index is 11.9. The number of piperidine rings is 1. The second-order valence-electron chi connectivity index (χ2n) is 5.23. The van der Waals surface area contributed by atoms with Crippen molar-refractivity contribution in [3.63, 3.8) is 0 Å². The Morgan fingerprint density at radius 1 is 1.43 bits per heavy atom. The third kappa shape index (κ3) is 4.24. The predicted octanol–water partition coefficient (Wildman–Crippen LogP) is 1.80. The summed E-state index contributed by atoms with van der Waals surface area (Å²) in [7, 11) is 1.70. The molecule has 4 nitrogen and oxygen atoms in total. The Morgan fingerprint density at radius 2 is 2.19 bits per heavy atom. The van der Waals surface area contributed by atoms with Crippen molar-refractivity contribution in [3.05, 3.63) is 29.8 Å². The summed E-state index contributed by atoms with van der Waals surface area (Å²) in [5.41, 5.74) is 1.18. The zero-order valence-electron chi connectivity index (χ0n) is 12.5. The molecule has 1 saturated heterocycles. The number of hydrogen-bond acceptors (Lipinski definition) is 3. The molecular formula is C17H22N2O2. The highest BCUT2D eigenvalue weighted by molar-refractivity contribution is 5.81. The Balaban J connectivity index is 1.98. The van der Waals surface area contributed by atoms with Crippen LogP contribution < -0.4 is 10.1 Å². The van der Waals surface area contributed by atoms with Gasteiger partial charge in [0.1, 0.15) is 12.4 Å². The number of terminal acetylenes is 1. The maximum Gasteiger partial charge on any atom is 0.237 e. The molecule has 1 fully saturated rings. The molecule has 1 aromatic carbocycles. The fraction of sp³-hybridized carbons (Fsp3) is 0.471. The molecule has 1 heterocycles. The van der Waals surface area contributed by atoms with Gasteiger partial charge in [-0.25, -0.2) is 0 Å². The number of benzene rings is 1. The van der Waals surface area contributed by atoms with Crippen LogP contribution in [0.2, 0.25) is 0 Å². The van der Waals surface area contributed by atoms with E-state index >= 15 is 0 Å². The van der Waals surface area contributed by atoms with Crippen molar-refractivity contribution in [3.8, 4) is 18.1 Å². The number of amides is 1. The van der Waals surface area contributed by atoms with Crippen molar-refractivity contribution in [2.45, 2.75) is 31.8 Å². The molecule has 21 heavy (non-hydrogen) atoms. The van der Waals surface area contributed by atoms with Gasteiger partial charge >= 0.3 is 0 Å². The number of likely N-dealkylation sites (N-methyl/N-ethyl adjacent to an activating group) is 1. The number of nitrogens with zero attached hydrogens (tertiary/aromatic N) is 1. The normalized spacial score (nSPS) is 18.8. The minimum absolute atomic E-state index is 0.0129. The zero-order valence-corrected chi connectivity index (χ0v) is 12.5. The van der Waals surface area contributed by atoms with Gasteiger partial charge in [-0.3, -0.25) is 9.69 Å². The third-order valence-corrected chi connectivity index (χ3v) is 3.79. The fourth-order valence-electron chi connectivity index (χ4n) is 2.69. The van der Waals surface area contributed by atoms with Crippen molar-refractivity contribution in [1.82, 2.24) is 10.2 Å². The summed E-state index contributed by atoms with van der Waals surface area (Å²) in [6.07, 6.45) is 8.37. The number of nitrogens with one attached hydrogen (secondary N) is 1. The number of likely N-dealkylation sites (tertiary alicyclic amines) is 1. The minimum atomic E-state index is -0.0129. The summed E-state index contributed by atoms with van der Waals surface area (Å²) < 4.78 is 5.36. The van der Waals surface area contributed by atoms with Gasteiger partial charge in [0.25, 0.3) is 0 Å². The standard InChI is InChI=1S/C17H22N2O2/c1-3-12-21-15-9-7-14(8-10-15)13-19-11-5-4-6-16(19)17(20)18-2/h1,7-10,16H,4-6,11-13H2,2H3,(H,18,20)/t16-/m0/s1. The lowest BCUT2D eigenvalue weighted by molar-refractivity contribution is -0.127. The maximum atomic E-state index is 11.9. The van der Waals surface area contributed by atoms with Crippen LogP contribution in [0.5, 0.6) is 5.75 Å². The van der Waals surface area contributed by atoms with E-state index in [1.807, 2.05) is 24.3 Å². The molecule has 1 aliphatic heterocycles. The van der Waals surface area contributed by atoms with Gasteiger partial charge in [0.05, 0.1) is 6.04 Å². The average Bonchev–Trinajstić information content (AvgIpc) is 2.54. The Hall–Kier alpha value is -1.99. The molecule has 1 aromatic rings. The first kappa shape index (κ1) is 15.4. The number of ether oxygens (including phenoxy) is 1. The van der Waals surface area contributed by atoms with Gasteiger partial charge in [0, 0.05) is 13.6 Å². The predicted molar refractivity (Wildman–Crippen MR) is 82.9 cm³/mol. The van der Waals surface area contributed by atoms with E-state index in [1.165, 1.54) is 5.56 Å². The second-order valence-corrected chi connectivity index (χ2v) is 5.23. The van der Waals surface area contributed by atoms with Crippen LogP contribution in [0, 0.1) is 12.3 Å². The molecule has 1 amide bonds. The number of carbonyl (C=O) groups excluding carboxylic acids is 1. The number of hydrogen-bond donors (Lipinski definition) is 1. The monoisotopic (exact) mass is 286 g/mol. The molecule has 112 valence electrons. The molecule has 0 unspecified atom stereocenters. The van der Waals surface area contributed by atoms with E-state index < -0.39 is 0 Å². The van der Waals surface area contributed by atoms with Crippen LogP contribution in [-0.4, -0.2) is 37.0 Å². The molecule has 0 spiro atoms. The first-order valence-electron chi connectivity index (χ1n) is 7.35. The molecule has 0 aliphatic carbocycles. The van der Waals surface area contributed by atoms with Gasteiger partial charge in [-0.15, -0.1) is 6.42 Å². The Morgan fingerprint density at radius 3 is 2.86 bits per heavy atom. The molecule has 1 atom stereocenters. The molecule has 0 saturated carbocycles. The lowest BCUT2D eigenvalue weighted by Crippen LogP contribution is -2.48. The lowest BCUT2D eigenvalue weighted by Gasteiger charge is -2.34.